The summed E-state index contributed by atoms with van der Waals surface area (Å²) in [6.45, 7) is 16.0. The highest BCUT2D eigenvalue weighted by Crippen LogP contribution is 2.35. The van der Waals surface area contributed by atoms with E-state index in [-0.39, 0.29) is 23.2 Å². The number of hydrogen-bond acceptors (Lipinski definition) is 1. The van der Waals surface area contributed by atoms with Gasteiger partial charge in [-0.25, -0.2) is 0 Å². The summed E-state index contributed by atoms with van der Waals surface area (Å²) in [5.41, 5.74) is 4.58. The maximum absolute atomic E-state index is 2.41. The van der Waals surface area contributed by atoms with Crippen LogP contribution in [0.2, 0.25) is 0 Å². The van der Waals surface area contributed by atoms with Gasteiger partial charge in [-0.15, -0.1) is 0 Å². The Morgan fingerprint density at radius 3 is 1.83 bits per heavy atom. The van der Waals surface area contributed by atoms with Crippen LogP contribution in [-0.4, -0.2) is 45.8 Å². The molecule has 0 saturated carbocycles. The first-order valence-electron chi connectivity index (χ1n) is 8.38. The van der Waals surface area contributed by atoms with E-state index in [1.807, 2.05) is 0 Å². The monoisotopic (exact) mass is 340 g/mol. The maximum Gasteiger partial charge on any atom is 0.0958 e. The van der Waals surface area contributed by atoms with Crippen molar-refractivity contribution < 1.29 is 16.9 Å². The van der Waals surface area contributed by atoms with Gasteiger partial charge >= 0.3 is 0 Å². The van der Waals surface area contributed by atoms with Gasteiger partial charge in [0.1, 0.15) is 0 Å². The van der Waals surface area contributed by atoms with Crippen molar-refractivity contribution in [2.24, 2.45) is 0 Å². The number of quaternary nitrogens is 1. The van der Waals surface area contributed by atoms with E-state index in [9.17, 15) is 0 Å². The molecule has 0 aliphatic rings. The van der Waals surface area contributed by atoms with Crippen LogP contribution in [0.25, 0.3) is 0 Å². The molecule has 134 valence electrons. The van der Waals surface area contributed by atoms with E-state index < -0.39 is 0 Å². The maximum atomic E-state index is 2.41. The average Bonchev–Trinajstić information content (AvgIpc) is 2.32. The Labute approximate surface area is 150 Å². The Hall–Kier alpha value is -0.730. The quantitative estimate of drug-likeness (QED) is 0.749. The molecule has 0 amide bonds. The number of benzene rings is 1. The van der Waals surface area contributed by atoms with Gasteiger partial charge in [-0.1, -0.05) is 53.7 Å². The fraction of sp³-hybridized carbons (Fsp3) is 0.700. The van der Waals surface area contributed by atoms with Gasteiger partial charge < -0.3 is 21.8 Å². The zero-order valence-corrected chi connectivity index (χ0v) is 17.7. The molecular weight excluding hydrogens is 304 g/mol. The van der Waals surface area contributed by atoms with Crippen LogP contribution in [0.3, 0.4) is 0 Å². The molecule has 0 aromatic heterocycles. The van der Waals surface area contributed by atoms with Gasteiger partial charge in [-0.2, -0.15) is 0 Å². The summed E-state index contributed by atoms with van der Waals surface area (Å²) in [5, 5.41) is 0. The SMILES string of the molecule is CN(CC[N+](C)(C)C)c1ccc(C(C)(C)C)cc1C(C)(C)C.[Cl-]. The van der Waals surface area contributed by atoms with Crippen LogP contribution in [0.15, 0.2) is 18.2 Å². The summed E-state index contributed by atoms with van der Waals surface area (Å²) >= 11 is 0. The number of likely N-dealkylation sites (N-methyl/N-ethyl adjacent to an activating group) is 2. The molecule has 1 rings (SSSR count). The Balaban J connectivity index is 0.00000484. The highest BCUT2D eigenvalue weighted by molar-refractivity contribution is 5.58. The molecule has 2 nitrogen and oxygen atoms in total. The predicted octanol–water partition coefficient (Wildman–Crippen LogP) is 1.43. The molecule has 0 aliphatic heterocycles. The first kappa shape index (κ1) is 22.3. The van der Waals surface area contributed by atoms with E-state index in [0.717, 1.165) is 17.6 Å². The lowest BCUT2D eigenvalue weighted by Gasteiger charge is -2.33. The lowest BCUT2D eigenvalue weighted by molar-refractivity contribution is -0.868. The van der Waals surface area contributed by atoms with Gasteiger partial charge in [-0.05, 0) is 28.0 Å². The zero-order valence-electron chi connectivity index (χ0n) is 16.9. The molecule has 0 saturated heterocycles. The van der Waals surface area contributed by atoms with Crippen LogP contribution in [-0.2, 0) is 10.8 Å². The molecule has 0 N–H and O–H groups in total. The van der Waals surface area contributed by atoms with Gasteiger partial charge in [-0.3, -0.25) is 0 Å². The molecule has 0 atom stereocenters. The standard InChI is InChI=1S/C20H37N2.ClH/c1-19(2,3)16-11-12-18(17(15-16)20(4,5)6)21(7)13-14-22(8,9)10;/h11-12,15H,13-14H2,1-10H3;1H/q+1;/p-1. The fourth-order valence-electron chi connectivity index (χ4n) is 2.51. The van der Waals surface area contributed by atoms with Crippen LogP contribution in [0, 0.1) is 0 Å². The van der Waals surface area contributed by atoms with Crippen molar-refractivity contribution in [3.8, 4) is 0 Å². The van der Waals surface area contributed by atoms with E-state index in [0.29, 0.717) is 0 Å². The third-order valence-electron chi connectivity index (χ3n) is 4.19. The van der Waals surface area contributed by atoms with Crippen LogP contribution in [0.4, 0.5) is 5.69 Å². The summed E-state index contributed by atoms with van der Waals surface area (Å²) in [6, 6.07) is 7.03. The molecule has 23 heavy (non-hydrogen) atoms. The van der Waals surface area contributed by atoms with E-state index in [1.165, 1.54) is 16.8 Å². The van der Waals surface area contributed by atoms with Gasteiger partial charge in [0.05, 0.1) is 34.2 Å². The van der Waals surface area contributed by atoms with Crippen molar-refractivity contribution >= 4 is 5.69 Å². The molecule has 0 unspecified atom stereocenters. The number of halogens is 1. The third-order valence-corrected chi connectivity index (χ3v) is 4.19. The summed E-state index contributed by atoms with van der Waals surface area (Å²) in [5.74, 6) is 0. The summed E-state index contributed by atoms with van der Waals surface area (Å²) in [6.07, 6.45) is 0. The van der Waals surface area contributed by atoms with Crippen molar-refractivity contribution in [1.29, 1.82) is 0 Å². The summed E-state index contributed by atoms with van der Waals surface area (Å²) in [4.78, 5) is 2.41. The molecule has 0 spiro atoms. The zero-order chi connectivity index (χ0) is 17.3. The number of rotatable bonds is 4. The molecule has 3 heteroatoms. The summed E-state index contributed by atoms with van der Waals surface area (Å²) in [7, 11) is 8.97. The van der Waals surface area contributed by atoms with Crippen LogP contribution in [0.5, 0.6) is 0 Å². The molecule has 1 aromatic rings. The minimum Gasteiger partial charge on any atom is -1.00 e. The molecule has 0 aliphatic carbocycles. The molecule has 0 bridgehead atoms. The van der Waals surface area contributed by atoms with Crippen molar-refractivity contribution in [2.75, 3.05) is 46.2 Å². The van der Waals surface area contributed by atoms with Gasteiger partial charge in [0.2, 0.25) is 0 Å². The lowest BCUT2D eigenvalue weighted by atomic mass is 9.79. The highest BCUT2D eigenvalue weighted by atomic mass is 35.5. The first-order chi connectivity index (χ1) is 9.72. The highest BCUT2D eigenvalue weighted by Gasteiger charge is 2.24. The fourth-order valence-corrected chi connectivity index (χ4v) is 2.51. The van der Waals surface area contributed by atoms with Crippen molar-refractivity contribution in [3.05, 3.63) is 29.3 Å². The topological polar surface area (TPSA) is 3.24 Å². The summed E-state index contributed by atoms with van der Waals surface area (Å²) < 4.78 is 0.995. The van der Waals surface area contributed by atoms with Crippen LogP contribution >= 0.6 is 0 Å². The average molecular weight is 341 g/mol. The smallest absolute Gasteiger partial charge is 0.0958 e. The predicted molar refractivity (Wildman–Crippen MR) is 100 cm³/mol. The van der Waals surface area contributed by atoms with Crippen molar-refractivity contribution in [2.45, 2.75) is 52.4 Å². The molecule has 1 aromatic carbocycles. The van der Waals surface area contributed by atoms with E-state index in [1.54, 1.807) is 0 Å². The molecule has 0 heterocycles. The minimum atomic E-state index is 0. The Kier molecular flexibility index (Phi) is 7.21. The second-order valence-corrected chi connectivity index (χ2v) is 9.67. The second-order valence-electron chi connectivity index (χ2n) is 9.67. The van der Waals surface area contributed by atoms with E-state index >= 15 is 0 Å². The van der Waals surface area contributed by atoms with Crippen molar-refractivity contribution in [1.82, 2.24) is 0 Å². The Morgan fingerprint density at radius 1 is 0.913 bits per heavy atom. The lowest BCUT2D eigenvalue weighted by Crippen LogP contribution is -3.00. The third kappa shape index (κ3) is 6.73. The van der Waals surface area contributed by atoms with Gasteiger partial charge in [0.15, 0.2) is 0 Å². The Morgan fingerprint density at radius 2 is 1.43 bits per heavy atom. The van der Waals surface area contributed by atoms with Crippen molar-refractivity contribution in [3.63, 3.8) is 0 Å². The molecule has 0 fully saturated rings. The number of hydrogen-bond donors (Lipinski definition) is 0. The van der Waals surface area contributed by atoms with Gasteiger partial charge in [0, 0.05) is 12.7 Å². The normalized spacial score (nSPS) is 12.8. The largest absolute Gasteiger partial charge is 1.00 e. The first-order valence-corrected chi connectivity index (χ1v) is 8.38. The van der Waals surface area contributed by atoms with E-state index in [4.69, 9.17) is 0 Å². The molecule has 0 radical (unpaired) electrons. The number of nitrogens with zero attached hydrogens (tertiary/aromatic N) is 2. The van der Waals surface area contributed by atoms with Gasteiger partial charge in [0.25, 0.3) is 0 Å². The van der Waals surface area contributed by atoms with E-state index in [2.05, 4.69) is 92.8 Å². The minimum absolute atomic E-state index is 0. The Bertz CT molecular complexity index is 502. The van der Waals surface area contributed by atoms with Crippen LogP contribution < -0.4 is 17.3 Å². The second kappa shape index (κ2) is 7.44. The number of anilines is 1. The van der Waals surface area contributed by atoms with Crippen LogP contribution in [0.1, 0.15) is 52.7 Å². The molecular formula is C20H37ClN2.